The van der Waals surface area contributed by atoms with Crippen LogP contribution in [-0.4, -0.2) is 41.4 Å². The molecule has 0 aromatic heterocycles. The van der Waals surface area contributed by atoms with Gasteiger partial charge in [0.15, 0.2) is 0 Å². The molecule has 1 saturated heterocycles. The largest absolute Gasteiger partial charge is 0.333 e. The van der Waals surface area contributed by atoms with Crippen LogP contribution in [0.5, 0.6) is 0 Å². The predicted molar refractivity (Wildman–Crippen MR) is 83.1 cm³/mol. The van der Waals surface area contributed by atoms with Crippen LogP contribution < -0.4 is 5.32 Å². The third kappa shape index (κ3) is 3.71. The Bertz CT molecular complexity index is 536. The molecule has 0 bridgehead atoms. The van der Waals surface area contributed by atoms with E-state index in [-0.39, 0.29) is 30.0 Å². The van der Waals surface area contributed by atoms with Crippen molar-refractivity contribution in [1.82, 2.24) is 10.2 Å². The molecule has 1 aliphatic heterocycles. The molecule has 1 amide bonds. The zero-order chi connectivity index (χ0) is 14.7. The fourth-order valence-corrected chi connectivity index (χ4v) is 2.47. The number of nitro groups is 1. The van der Waals surface area contributed by atoms with Crippen molar-refractivity contribution in [2.45, 2.75) is 26.3 Å². The molecular weight excluding hydrogens is 294 g/mol. The molecule has 1 atom stereocenters. The first-order chi connectivity index (χ1) is 9.54. The summed E-state index contributed by atoms with van der Waals surface area (Å²) in [5, 5.41) is 14.3. The minimum atomic E-state index is -0.420. The molecule has 1 aliphatic rings. The maximum absolute atomic E-state index is 12.5. The zero-order valence-electron chi connectivity index (χ0n) is 12.2. The summed E-state index contributed by atoms with van der Waals surface area (Å²) >= 11 is 0. The van der Waals surface area contributed by atoms with Crippen molar-refractivity contribution in [3.8, 4) is 0 Å². The molecule has 6 nitrogen and oxygen atoms in total. The zero-order valence-corrected chi connectivity index (χ0v) is 13.0. The van der Waals surface area contributed by atoms with Crippen LogP contribution in [0.1, 0.15) is 29.8 Å². The Hall–Kier alpha value is -1.66. The summed E-state index contributed by atoms with van der Waals surface area (Å²) in [5.74, 6) is -0.134. The van der Waals surface area contributed by atoms with Gasteiger partial charge in [-0.1, -0.05) is 13.0 Å². The number of carbonyl (C=O) groups is 1. The van der Waals surface area contributed by atoms with Gasteiger partial charge in [-0.3, -0.25) is 14.9 Å². The minimum absolute atomic E-state index is 0. The van der Waals surface area contributed by atoms with E-state index in [1.54, 1.807) is 17.0 Å². The van der Waals surface area contributed by atoms with E-state index in [0.29, 0.717) is 24.1 Å². The number of rotatable bonds is 3. The van der Waals surface area contributed by atoms with E-state index < -0.39 is 4.92 Å². The number of piperazine rings is 1. The number of carbonyl (C=O) groups excluding carboxylic acids is 1. The van der Waals surface area contributed by atoms with Gasteiger partial charge in [0.1, 0.15) is 0 Å². The van der Waals surface area contributed by atoms with Crippen molar-refractivity contribution < 1.29 is 9.72 Å². The Morgan fingerprint density at radius 3 is 2.81 bits per heavy atom. The van der Waals surface area contributed by atoms with Crippen molar-refractivity contribution in [1.29, 1.82) is 0 Å². The number of nitro benzene ring substituents is 1. The minimum Gasteiger partial charge on any atom is -0.333 e. The van der Waals surface area contributed by atoms with Crippen LogP contribution in [0.25, 0.3) is 0 Å². The molecule has 1 fully saturated rings. The van der Waals surface area contributed by atoms with Gasteiger partial charge in [0.05, 0.1) is 4.92 Å². The average molecular weight is 314 g/mol. The molecule has 1 aromatic rings. The molecule has 0 saturated carbocycles. The highest BCUT2D eigenvalue weighted by molar-refractivity contribution is 5.95. The van der Waals surface area contributed by atoms with Gasteiger partial charge in [-0.05, 0) is 19.4 Å². The maximum Gasteiger partial charge on any atom is 0.273 e. The normalized spacial score (nSPS) is 18.0. The fourth-order valence-electron chi connectivity index (χ4n) is 2.47. The first kappa shape index (κ1) is 17.4. The molecular formula is C14H20ClN3O3. The Morgan fingerprint density at radius 1 is 1.52 bits per heavy atom. The molecule has 0 unspecified atom stereocenters. The van der Waals surface area contributed by atoms with Gasteiger partial charge >= 0.3 is 0 Å². The maximum atomic E-state index is 12.5. The second-order valence-electron chi connectivity index (χ2n) is 5.01. The fraction of sp³-hybridized carbons (Fsp3) is 0.500. The molecule has 1 aromatic carbocycles. The predicted octanol–water partition coefficient (Wildman–Crippen LogP) is 2.01. The number of nitrogens with one attached hydrogen (secondary N) is 1. The van der Waals surface area contributed by atoms with E-state index in [9.17, 15) is 14.9 Å². The molecule has 116 valence electrons. The van der Waals surface area contributed by atoms with Crippen molar-refractivity contribution in [3.05, 3.63) is 39.4 Å². The smallest absolute Gasteiger partial charge is 0.273 e. The first-order valence-corrected chi connectivity index (χ1v) is 6.83. The van der Waals surface area contributed by atoms with Gasteiger partial charge in [-0.25, -0.2) is 0 Å². The van der Waals surface area contributed by atoms with Crippen LogP contribution >= 0.6 is 12.4 Å². The van der Waals surface area contributed by atoms with E-state index in [4.69, 9.17) is 0 Å². The SMILES string of the molecule is CCc1ccc(C(=O)N2CCNC[C@@H]2C)cc1[N+](=O)[O-].Cl. The van der Waals surface area contributed by atoms with E-state index in [2.05, 4.69) is 5.32 Å². The summed E-state index contributed by atoms with van der Waals surface area (Å²) in [6, 6.07) is 4.86. The molecule has 0 spiro atoms. The van der Waals surface area contributed by atoms with Gasteiger partial charge in [-0.2, -0.15) is 0 Å². The Balaban J connectivity index is 0.00000220. The van der Waals surface area contributed by atoms with Crippen LogP contribution in [-0.2, 0) is 6.42 Å². The molecule has 7 heteroatoms. The Kier molecular flexibility index (Phi) is 6.11. The lowest BCUT2D eigenvalue weighted by molar-refractivity contribution is -0.385. The van der Waals surface area contributed by atoms with Gasteiger partial charge < -0.3 is 10.2 Å². The number of nitrogens with zero attached hydrogens (tertiary/aromatic N) is 2. The lowest BCUT2D eigenvalue weighted by Gasteiger charge is -2.34. The Morgan fingerprint density at radius 2 is 2.24 bits per heavy atom. The van der Waals surface area contributed by atoms with Crippen LogP contribution in [0.2, 0.25) is 0 Å². The van der Waals surface area contributed by atoms with Crippen molar-refractivity contribution >= 4 is 24.0 Å². The van der Waals surface area contributed by atoms with Gasteiger partial charge in [-0.15, -0.1) is 12.4 Å². The monoisotopic (exact) mass is 313 g/mol. The third-order valence-corrected chi connectivity index (χ3v) is 3.67. The lowest BCUT2D eigenvalue weighted by Crippen LogP contribution is -2.52. The number of hydrogen-bond acceptors (Lipinski definition) is 4. The number of halogens is 1. The van der Waals surface area contributed by atoms with Crippen LogP contribution in [0, 0.1) is 10.1 Å². The number of aryl methyl sites for hydroxylation is 1. The van der Waals surface area contributed by atoms with Crippen molar-refractivity contribution in [2.75, 3.05) is 19.6 Å². The highest BCUT2D eigenvalue weighted by Crippen LogP contribution is 2.22. The van der Waals surface area contributed by atoms with Gasteiger partial charge in [0, 0.05) is 42.9 Å². The average Bonchev–Trinajstić information content (AvgIpc) is 2.46. The second-order valence-corrected chi connectivity index (χ2v) is 5.01. The highest BCUT2D eigenvalue weighted by atomic mass is 35.5. The lowest BCUT2D eigenvalue weighted by atomic mass is 10.1. The van der Waals surface area contributed by atoms with E-state index >= 15 is 0 Å². The topological polar surface area (TPSA) is 75.5 Å². The summed E-state index contributed by atoms with van der Waals surface area (Å²) < 4.78 is 0. The molecule has 0 aliphatic carbocycles. The summed E-state index contributed by atoms with van der Waals surface area (Å²) in [5.41, 5.74) is 1.07. The van der Waals surface area contributed by atoms with Crippen molar-refractivity contribution in [3.63, 3.8) is 0 Å². The summed E-state index contributed by atoms with van der Waals surface area (Å²) in [4.78, 5) is 24.9. The van der Waals surface area contributed by atoms with E-state index in [1.807, 2.05) is 13.8 Å². The third-order valence-electron chi connectivity index (χ3n) is 3.67. The quantitative estimate of drug-likeness (QED) is 0.684. The number of amides is 1. The van der Waals surface area contributed by atoms with Gasteiger partial charge in [0.2, 0.25) is 0 Å². The first-order valence-electron chi connectivity index (χ1n) is 6.83. The molecule has 2 rings (SSSR count). The summed E-state index contributed by atoms with van der Waals surface area (Å²) in [6.45, 7) is 5.97. The second kappa shape index (κ2) is 7.38. The van der Waals surface area contributed by atoms with Crippen LogP contribution in [0.3, 0.4) is 0 Å². The van der Waals surface area contributed by atoms with E-state index in [0.717, 1.165) is 13.1 Å². The summed E-state index contributed by atoms with van der Waals surface area (Å²) in [6.07, 6.45) is 0.578. The molecule has 0 radical (unpaired) electrons. The number of benzene rings is 1. The Labute approximate surface area is 130 Å². The van der Waals surface area contributed by atoms with Crippen molar-refractivity contribution in [2.24, 2.45) is 0 Å². The molecule has 1 heterocycles. The molecule has 1 N–H and O–H groups in total. The van der Waals surface area contributed by atoms with Crippen LogP contribution in [0.15, 0.2) is 18.2 Å². The standard InChI is InChI=1S/C14H19N3O3.ClH/c1-3-11-4-5-12(8-13(11)17(19)20)14(18)16-7-6-15-9-10(16)2;/h4-5,8,10,15H,3,6-7,9H2,1-2H3;1H/t10-;/m0./s1. The number of hydrogen-bond donors (Lipinski definition) is 1. The van der Waals surface area contributed by atoms with Crippen LogP contribution in [0.4, 0.5) is 5.69 Å². The van der Waals surface area contributed by atoms with Gasteiger partial charge in [0.25, 0.3) is 11.6 Å². The summed E-state index contributed by atoms with van der Waals surface area (Å²) in [7, 11) is 0. The molecule has 21 heavy (non-hydrogen) atoms. The van der Waals surface area contributed by atoms with E-state index in [1.165, 1.54) is 6.07 Å². The highest BCUT2D eigenvalue weighted by Gasteiger charge is 2.25.